The Balaban J connectivity index is 1.49. The van der Waals surface area contributed by atoms with E-state index < -0.39 is 0 Å². The van der Waals surface area contributed by atoms with Gasteiger partial charge in [0.15, 0.2) is 0 Å². The Morgan fingerprint density at radius 3 is 2.25 bits per heavy atom. The minimum atomic E-state index is -0.274. The number of nitrogens with one attached hydrogen (secondary N) is 3. The van der Waals surface area contributed by atoms with Gasteiger partial charge >= 0.3 is 5.97 Å². The summed E-state index contributed by atoms with van der Waals surface area (Å²) in [5, 5.41) is 3.07. The first-order valence-corrected chi connectivity index (χ1v) is 17.3. The number of aromatic nitrogens is 6. The predicted octanol–water partition coefficient (Wildman–Crippen LogP) is 7.91. The number of rotatable bonds is 12. The lowest BCUT2D eigenvalue weighted by atomic mass is 10.00. The molecule has 1 amide bonds. The maximum absolute atomic E-state index is 13.0. The smallest absolute Gasteiger partial charge is 0.305 e. The summed E-state index contributed by atoms with van der Waals surface area (Å²) in [5.41, 5.74) is 14.9. The maximum Gasteiger partial charge on any atom is 0.305 e. The number of H-pyrrole nitrogens is 2. The molecule has 3 N–H and O–H groups in total. The Morgan fingerprint density at radius 2 is 1.53 bits per heavy atom. The van der Waals surface area contributed by atoms with Crippen molar-refractivity contribution >= 4 is 62.3 Å². The van der Waals surface area contributed by atoms with E-state index in [1.54, 1.807) is 12.5 Å². The SMILES string of the molecule is C=CC1=C(C)c2cc3[nH]c(cc4nc(cc5[nH]c(cc1n2)c(C)c5C=C)C(C)=C4CCC(=O)NCCCn1ccnc1)c(CCC(=O)OC)c3C. The molecule has 0 radical (unpaired) electrons. The first-order valence-electron chi connectivity index (χ1n) is 17.3. The predicted molar refractivity (Wildman–Crippen MR) is 205 cm³/mol. The highest BCUT2D eigenvalue weighted by atomic mass is 16.5. The number of hydrogen-bond donors (Lipinski definition) is 3. The van der Waals surface area contributed by atoms with Gasteiger partial charge in [0.05, 0.1) is 36.2 Å². The third kappa shape index (κ3) is 7.26. The van der Waals surface area contributed by atoms with Crippen LogP contribution in [0.15, 0.2) is 62.2 Å². The number of nitrogens with zero attached hydrogens (tertiary/aromatic N) is 4. The molecule has 0 aliphatic carbocycles. The summed E-state index contributed by atoms with van der Waals surface area (Å²) in [6.45, 7) is 17.8. The van der Waals surface area contributed by atoms with Gasteiger partial charge in [-0.3, -0.25) is 9.59 Å². The van der Waals surface area contributed by atoms with Gasteiger partial charge < -0.3 is 24.6 Å². The largest absolute Gasteiger partial charge is 0.469 e. The van der Waals surface area contributed by atoms with Crippen molar-refractivity contribution in [1.82, 2.24) is 34.8 Å². The fraction of sp³-hybridized carbons (Fsp3) is 0.293. The van der Waals surface area contributed by atoms with Crippen LogP contribution in [0.25, 0.3) is 50.4 Å². The normalized spacial score (nSPS) is 12.7. The molecule has 51 heavy (non-hydrogen) atoms. The fourth-order valence-electron chi connectivity index (χ4n) is 6.87. The molecule has 0 saturated carbocycles. The van der Waals surface area contributed by atoms with Crippen molar-refractivity contribution in [2.75, 3.05) is 13.7 Å². The molecule has 6 heterocycles. The number of hydrogen-bond acceptors (Lipinski definition) is 6. The number of aryl methyl sites for hydroxylation is 4. The van der Waals surface area contributed by atoms with Crippen molar-refractivity contribution in [2.24, 2.45) is 0 Å². The second kappa shape index (κ2) is 15.0. The van der Waals surface area contributed by atoms with Crippen molar-refractivity contribution in [1.29, 1.82) is 0 Å². The highest BCUT2D eigenvalue weighted by molar-refractivity contribution is 5.98. The van der Waals surface area contributed by atoms with E-state index in [0.717, 1.165) is 102 Å². The number of aromatic amines is 2. The van der Waals surface area contributed by atoms with Gasteiger partial charge in [0.1, 0.15) is 0 Å². The minimum Gasteiger partial charge on any atom is -0.469 e. The van der Waals surface area contributed by atoms with Crippen LogP contribution in [0.4, 0.5) is 0 Å². The van der Waals surface area contributed by atoms with Crippen molar-refractivity contribution in [3.63, 3.8) is 0 Å². The molecule has 0 saturated heterocycles. The lowest BCUT2D eigenvalue weighted by molar-refractivity contribution is -0.140. The van der Waals surface area contributed by atoms with E-state index in [1.807, 2.05) is 29.0 Å². The number of fused-ring (bicyclic) bond motifs is 8. The number of allylic oxidation sites excluding steroid dienone is 5. The average Bonchev–Trinajstić information content (AvgIpc) is 3.92. The standard InChI is InChI=1S/C41H45N7O3/c1-8-28-24(3)32-19-33-27(6)31(12-14-41(50)51-7)39(46-33)22-38-30(11-13-40(49)43-15-10-17-48-18-16-42-23-48)26(5)35(47-38)21-37-29(9-2)25(4)34(45-37)20-36(28)44-32/h8-9,16,18-23,45-46H,1-2,10-15,17H2,3-7H3,(H,43,49). The Labute approximate surface area is 298 Å². The first-order chi connectivity index (χ1) is 24.6. The molecular weight excluding hydrogens is 638 g/mol. The third-order valence-electron chi connectivity index (χ3n) is 9.93. The van der Waals surface area contributed by atoms with Crippen LogP contribution in [-0.4, -0.2) is 55.0 Å². The first kappa shape index (κ1) is 35.1. The summed E-state index contributed by atoms with van der Waals surface area (Å²) in [7, 11) is 1.41. The number of amides is 1. The molecule has 0 fully saturated rings. The van der Waals surface area contributed by atoms with E-state index in [4.69, 9.17) is 14.7 Å². The molecule has 262 valence electrons. The molecule has 10 heteroatoms. The molecule has 2 aliphatic rings. The molecule has 0 atom stereocenters. The quantitative estimate of drug-likeness (QED) is 0.103. The summed E-state index contributed by atoms with van der Waals surface area (Å²) >= 11 is 0. The Kier molecular flexibility index (Phi) is 10.3. The highest BCUT2D eigenvalue weighted by Gasteiger charge is 2.21. The summed E-state index contributed by atoms with van der Waals surface area (Å²) in [6, 6.07) is 8.22. The number of imidazole rings is 1. The zero-order chi connectivity index (χ0) is 36.2. The molecule has 0 unspecified atom stereocenters. The zero-order valence-corrected chi connectivity index (χ0v) is 30.1. The van der Waals surface area contributed by atoms with E-state index in [1.165, 1.54) is 7.11 Å². The number of carbonyl (C=O) groups excluding carboxylic acids is 2. The van der Waals surface area contributed by atoms with Crippen molar-refractivity contribution < 1.29 is 14.3 Å². The summed E-state index contributed by atoms with van der Waals surface area (Å²) in [6.07, 6.45) is 11.5. The van der Waals surface area contributed by atoms with Gasteiger partial charge in [-0.25, -0.2) is 15.0 Å². The molecule has 0 aromatic carbocycles. The van der Waals surface area contributed by atoms with E-state index >= 15 is 0 Å². The van der Waals surface area contributed by atoms with Crippen molar-refractivity contribution in [2.45, 2.75) is 66.3 Å². The van der Waals surface area contributed by atoms with E-state index in [-0.39, 0.29) is 18.3 Å². The lowest BCUT2D eigenvalue weighted by Gasteiger charge is -2.08. The Morgan fingerprint density at radius 1 is 0.843 bits per heavy atom. The van der Waals surface area contributed by atoms with Crippen LogP contribution in [0.3, 0.4) is 0 Å². The van der Waals surface area contributed by atoms with E-state index in [0.29, 0.717) is 25.8 Å². The number of ether oxygens (including phenoxy) is 1. The number of carbonyl (C=O) groups is 2. The summed E-state index contributed by atoms with van der Waals surface area (Å²) in [5.74, 6) is -0.281. The number of methoxy groups -OCH3 is 1. The van der Waals surface area contributed by atoms with Crippen LogP contribution in [0.5, 0.6) is 0 Å². The topological polar surface area (TPSA) is 131 Å². The van der Waals surface area contributed by atoms with Gasteiger partial charge in [0, 0.05) is 71.5 Å². The van der Waals surface area contributed by atoms with Gasteiger partial charge in [-0.05, 0) is 105 Å². The average molecular weight is 684 g/mol. The molecular formula is C41H45N7O3. The van der Waals surface area contributed by atoms with Crippen molar-refractivity contribution in [3.05, 3.63) is 107 Å². The maximum atomic E-state index is 13.0. The molecule has 8 bridgehead atoms. The molecule has 6 rings (SSSR count). The Hall–Kier alpha value is -5.77. The second-order valence-electron chi connectivity index (χ2n) is 13.0. The second-order valence-corrected chi connectivity index (χ2v) is 13.0. The molecule has 2 aliphatic heterocycles. The zero-order valence-electron chi connectivity index (χ0n) is 30.1. The van der Waals surface area contributed by atoms with Crippen LogP contribution in [0.1, 0.15) is 84.6 Å². The van der Waals surface area contributed by atoms with Gasteiger partial charge in [0.2, 0.25) is 5.91 Å². The lowest BCUT2D eigenvalue weighted by Crippen LogP contribution is -2.24. The molecule has 0 spiro atoms. The van der Waals surface area contributed by atoms with Crippen molar-refractivity contribution in [3.8, 4) is 0 Å². The van der Waals surface area contributed by atoms with E-state index in [9.17, 15) is 9.59 Å². The monoisotopic (exact) mass is 683 g/mol. The summed E-state index contributed by atoms with van der Waals surface area (Å²) < 4.78 is 6.99. The Bertz CT molecular complexity index is 2260. The van der Waals surface area contributed by atoms with Gasteiger partial charge in [-0.15, -0.1) is 0 Å². The van der Waals surface area contributed by atoms with Crippen LogP contribution < -0.4 is 5.32 Å². The highest BCUT2D eigenvalue weighted by Crippen LogP contribution is 2.36. The van der Waals surface area contributed by atoms with Gasteiger partial charge in [0.25, 0.3) is 0 Å². The summed E-state index contributed by atoms with van der Waals surface area (Å²) in [4.78, 5) is 46.8. The third-order valence-corrected chi connectivity index (χ3v) is 9.93. The van der Waals surface area contributed by atoms with Gasteiger partial charge in [-0.1, -0.05) is 25.3 Å². The van der Waals surface area contributed by atoms with Crippen LogP contribution in [0.2, 0.25) is 0 Å². The molecule has 4 aromatic heterocycles. The minimum absolute atomic E-state index is 0.00719. The van der Waals surface area contributed by atoms with Crippen LogP contribution in [0, 0.1) is 13.8 Å². The van der Waals surface area contributed by atoms with Crippen LogP contribution >= 0.6 is 0 Å². The number of esters is 1. The molecule has 4 aromatic rings. The fourth-order valence-corrected chi connectivity index (χ4v) is 6.87. The molecule has 10 nitrogen and oxygen atoms in total. The van der Waals surface area contributed by atoms with E-state index in [2.05, 4.69) is 79.3 Å². The van der Waals surface area contributed by atoms with Crippen LogP contribution in [-0.2, 0) is 27.3 Å². The van der Waals surface area contributed by atoms with Gasteiger partial charge in [-0.2, -0.15) is 0 Å².